The van der Waals surface area contributed by atoms with Crippen LogP contribution in [0.5, 0.6) is 0 Å². The zero-order valence-corrected chi connectivity index (χ0v) is 14.2. The van der Waals surface area contributed by atoms with Crippen LogP contribution in [0, 0.1) is 5.92 Å². The Morgan fingerprint density at radius 3 is 2.52 bits per heavy atom. The number of alkyl carbamates (subject to hydrolysis) is 1. The van der Waals surface area contributed by atoms with Gasteiger partial charge in [-0.1, -0.05) is 12.8 Å². The number of carbonyl (C=O) groups is 1. The molecule has 0 heterocycles. The quantitative estimate of drug-likeness (QED) is 0.757. The molecule has 3 N–H and O–H groups in total. The lowest BCUT2D eigenvalue weighted by Crippen LogP contribution is -2.43. The molecule has 1 amide bonds. The van der Waals surface area contributed by atoms with E-state index in [-0.39, 0.29) is 6.09 Å². The van der Waals surface area contributed by atoms with Crippen LogP contribution in [-0.4, -0.2) is 49.3 Å². The summed E-state index contributed by atoms with van der Waals surface area (Å²) in [4.78, 5) is 14.0. The molecule has 0 radical (unpaired) electrons. The van der Waals surface area contributed by atoms with E-state index < -0.39 is 5.60 Å². The smallest absolute Gasteiger partial charge is 0.407 e. The molecule has 124 valence electrons. The highest BCUT2D eigenvalue weighted by Gasteiger charge is 2.21. The Morgan fingerprint density at radius 1 is 1.38 bits per heavy atom. The summed E-state index contributed by atoms with van der Waals surface area (Å²) in [5.74, 6) is 0.822. The molecule has 21 heavy (non-hydrogen) atoms. The lowest BCUT2D eigenvalue weighted by molar-refractivity contribution is 0.0522. The minimum Gasteiger partial charge on any atom is -0.444 e. The van der Waals surface area contributed by atoms with Crippen molar-refractivity contribution in [2.75, 3.05) is 26.7 Å². The molecule has 0 aromatic rings. The first-order valence-electron chi connectivity index (χ1n) is 8.19. The number of nitrogens with zero attached hydrogens (tertiary/aromatic N) is 1. The average molecular weight is 299 g/mol. The highest BCUT2D eigenvalue weighted by molar-refractivity contribution is 5.67. The standard InChI is InChI=1S/C16H33N3O2/c1-16(2,3)21-15(20)18-10-9-14(11-17)19(4)12-13-7-5-6-8-13/h13-14H,5-12,17H2,1-4H3,(H,18,20). The summed E-state index contributed by atoms with van der Waals surface area (Å²) in [6.07, 6.45) is 5.93. The van der Waals surface area contributed by atoms with Crippen molar-refractivity contribution in [1.82, 2.24) is 10.2 Å². The highest BCUT2D eigenvalue weighted by Crippen LogP contribution is 2.25. The molecule has 5 nitrogen and oxygen atoms in total. The Hall–Kier alpha value is -0.810. The molecule has 1 fully saturated rings. The molecule has 1 unspecified atom stereocenters. The van der Waals surface area contributed by atoms with Gasteiger partial charge in [0.1, 0.15) is 5.60 Å². The largest absolute Gasteiger partial charge is 0.444 e. The van der Waals surface area contributed by atoms with Crippen molar-refractivity contribution < 1.29 is 9.53 Å². The predicted octanol–water partition coefficient (Wildman–Crippen LogP) is 2.35. The SMILES string of the molecule is CN(CC1CCCC1)C(CN)CCNC(=O)OC(C)(C)C. The van der Waals surface area contributed by atoms with Crippen LogP contribution in [0.25, 0.3) is 0 Å². The van der Waals surface area contributed by atoms with E-state index in [1.165, 1.54) is 25.7 Å². The Bertz CT molecular complexity index is 309. The van der Waals surface area contributed by atoms with Crippen LogP contribution in [0.4, 0.5) is 4.79 Å². The molecule has 1 rings (SSSR count). The predicted molar refractivity (Wildman–Crippen MR) is 86.3 cm³/mol. The first-order valence-corrected chi connectivity index (χ1v) is 8.19. The first kappa shape index (κ1) is 18.2. The topological polar surface area (TPSA) is 67.6 Å². The number of hydrogen-bond acceptors (Lipinski definition) is 4. The van der Waals surface area contributed by atoms with E-state index >= 15 is 0 Å². The third-order valence-corrected chi connectivity index (χ3v) is 4.06. The number of likely N-dealkylation sites (N-methyl/N-ethyl adjacent to an activating group) is 1. The Labute approximate surface area is 129 Å². The second-order valence-corrected chi connectivity index (χ2v) is 7.20. The number of rotatable bonds is 7. The number of nitrogens with one attached hydrogen (secondary N) is 1. The minimum atomic E-state index is -0.448. The van der Waals surface area contributed by atoms with Crippen molar-refractivity contribution in [2.45, 2.75) is 64.5 Å². The molecule has 0 saturated heterocycles. The van der Waals surface area contributed by atoms with E-state index in [0.29, 0.717) is 19.1 Å². The fourth-order valence-corrected chi connectivity index (χ4v) is 2.92. The molecular formula is C16H33N3O2. The number of hydrogen-bond donors (Lipinski definition) is 2. The molecule has 1 atom stereocenters. The second-order valence-electron chi connectivity index (χ2n) is 7.20. The maximum absolute atomic E-state index is 11.6. The molecule has 0 spiro atoms. The van der Waals surface area contributed by atoms with Crippen LogP contribution in [0.1, 0.15) is 52.9 Å². The fourth-order valence-electron chi connectivity index (χ4n) is 2.92. The molecular weight excluding hydrogens is 266 g/mol. The molecule has 0 aromatic heterocycles. The van der Waals surface area contributed by atoms with Gasteiger partial charge in [0, 0.05) is 25.7 Å². The summed E-state index contributed by atoms with van der Waals surface area (Å²) < 4.78 is 5.23. The van der Waals surface area contributed by atoms with Crippen LogP contribution in [0.2, 0.25) is 0 Å². The van der Waals surface area contributed by atoms with Crippen molar-refractivity contribution in [3.05, 3.63) is 0 Å². The molecule has 0 aromatic carbocycles. The number of ether oxygens (including phenoxy) is 1. The van der Waals surface area contributed by atoms with Gasteiger partial charge in [0.2, 0.25) is 0 Å². The van der Waals surface area contributed by atoms with Gasteiger partial charge in [-0.2, -0.15) is 0 Å². The van der Waals surface area contributed by atoms with Gasteiger partial charge >= 0.3 is 6.09 Å². The molecule has 1 saturated carbocycles. The molecule has 1 aliphatic carbocycles. The second kappa shape index (κ2) is 8.59. The van der Waals surface area contributed by atoms with E-state index in [0.717, 1.165) is 18.9 Å². The third kappa shape index (κ3) is 7.67. The molecule has 1 aliphatic rings. The zero-order chi connectivity index (χ0) is 15.9. The van der Waals surface area contributed by atoms with Crippen LogP contribution in [0.15, 0.2) is 0 Å². The summed E-state index contributed by atoms with van der Waals surface area (Å²) >= 11 is 0. The van der Waals surface area contributed by atoms with E-state index in [9.17, 15) is 4.79 Å². The van der Waals surface area contributed by atoms with E-state index in [4.69, 9.17) is 10.5 Å². The van der Waals surface area contributed by atoms with Crippen LogP contribution in [-0.2, 0) is 4.74 Å². The molecule has 5 heteroatoms. The lowest BCUT2D eigenvalue weighted by atomic mass is 10.1. The van der Waals surface area contributed by atoms with Gasteiger partial charge in [-0.25, -0.2) is 4.79 Å². The molecule has 0 aliphatic heterocycles. The number of nitrogens with two attached hydrogens (primary N) is 1. The van der Waals surface area contributed by atoms with Gasteiger partial charge in [-0.15, -0.1) is 0 Å². The van der Waals surface area contributed by atoms with Gasteiger partial charge in [0.25, 0.3) is 0 Å². The van der Waals surface area contributed by atoms with Crippen molar-refractivity contribution in [3.8, 4) is 0 Å². The van der Waals surface area contributed by atoms with Crippen molar-refractivity contribution in [1.29, 1.82) is 0 Å². The van der Waals surface area contributed by atoms with Crippen LogP contribution < -0.4 is 11.1 Å². The average Bonchev–Trinajstić information content (AvgIpc) is 2.85. The Balaban J connectivity index is 2.25. The minimum absolute atomic E-state index is 0.320. The fraction of sp³-hybridized carbons (Fsp3) is 0.938. The monoisotopic (exact) mass is 299 g/mol. The van der Waals surface area contributed by atoms with Gasteiger partial charge < -0.3 is 20.7 Å². The van der Waals surface area contributed by atoms with Crippen LogP contribution in [0.3, 0.4) is 0 Å². The highest BCUT2D eigenvalue weighted by atomic mass is 16.6. The maximum atomic E-state index is 11.6. The van der Waals surface area contributed by atoms with E-state index in [1.54, 1.807) is 0 Å². The van der Waals surface area contributed by atoms with E-state index in [1.807, 2.05) is 20.8 Å². The van der Waals surface area contributed by atoms with Gasteiger partial charge in [-0.3, -0.25) is 0 Å². The lowest BCUT2D eigenvalue weighted by Gasteiger charge is -2.29. The van der Waals surface area contributed by atoms with E-state index in [2.05, 4.69) is 17.3 Å². The molecule has 0 bridgehead atoms. The summed E-state index contributed by atoms with van der Waals surface area (Å²) in [7, 11) is 2.14. The van der Waals surface area contributed by atoms with Crippen molar-refractivity contribution >= 4 is 6.09 Å². The van der Waals surface area contributed by atoms with Crippen molar-refractivity contribution in [3.63, 3.8) is 0 Å². The first-order chi connectivity index (χ1) is 9.81. The van der Waals surface area contributed by atoms with Crippen LogP contribution >= 0.6 is 0 Å². The summed E-state index contributed by atoms with van der Waals surface area (Å²) in [6, 6.07) is 0.320. The summed E-state index contributed by atoms with van der Waals surface area (Å²) in [5.41, 5.74) is 5.43. The zero-order valence-electron chi connectivity index (χ0n) is 14.2. The van der Waals surface area contributed by atoms with Crippen molar-refractivity contribution in [2.24, 2.45) is 11.7 Å². The number of amides is 1. The van der Waals surface area contributed by atoms with Gasteiger partial charge in [0.15, 0.2) is 0 Å². The van der Waals surface area contributed by atoms with Gasteiger partial charge in [-0.05, 0) is 53.0 Å². The number of carbonyl (C=O) groups excluding carboxylic acids is 1. The Kier molecular flexibility index (Phi) is 7.46. The summed E-state index contributed by atoms with van der Waals surface area (Å²) in [5, 5.41) is 2.81. The normalized spacial score (nSPS) is 18.0. The maximum Gasteiger partial charge on any atom is 0.407 e. The van der Waals surface area contributed by atoms with Gasteiger partial charge in [0.05, 0.1) is 0 Å². The third-order valence-electron chi connectivity index (χ3n) is 4.06. The summed E-state index contributed by atoms with van der Waals surface area (Å²) in [6.45, 7) is 7.94. The Morgan fingerprint density at radius 2 is 2.00 bits per heavy atom.